The molecule has 2 aliphatic carbocycles. The molecule has 0 spiro atoms. The lowest BCUT2D eigenvalue weighted by atomic mass is 9.53. The quantitative estimate of drug-likeness (QED) is 0.157. The predicted octanol–water partition coefficient (Wildman–Crippen LogP) is 16.7. The van der Waals surface area contributed by atoms with E-state index in [0.717, 1.165) is 0 Å². The molecule has 0 N–H and O–H groups in total. The molecule has 0 aromatic heterocycles. The van der Waals surface area contributed by atoms with Crippen molar-refractivity contribution in [1.29, 1.82) is 0 Å². The Kier molecular flexibility index (Phi) is 7.92. The highest BCUT2D eigenvalue weighted by atomic mass is 14.5. The predicted molar refractivity (Wildman–Crippen MR) is 277 cm³/mol. The number of fused-ring (bicyclic) bond motifs is 2. The van der Waals surface area contributed by atoms with E-state index in [0.29, 0.717) is 0 Å². The molecule has 0 unspecified atom stereocenters. The van der Waals surface area contributed by atoms with Crippen LogP contribution in [0.5, 0.6) is 0 Å². The van der Waals surface area contributed by atoms with E-state index >= 15 is 0 Å². The van der Waals surface area contributed by atoms with Crippen LogP contribution in [0.3, 0.4) is 0 Å². The van der Waals surface area contributed by atoms with Crippen LogP contribution in [0.15, 0.2) is 255 Å². The molecular formula is C66H42. The molecule has 14 rings (SSSR count). The Labute approximate surface area is 384 Å². The van der Waals surface area contributed by atoms with Gasteiger partial charge < -0.3 is 0 Å². The second kappa shape index (κ2) is 14.1. The van der Waals surface area contributed by atoms with Crippen LogP contribution in [0, 0.1) is 0 Å². The van der Waals surface area contributed by atoms with E-state index in [1.807, 2.05) is 0 Å². The summed E-state index contributed by atoms with van der Waals surface area (Å²) in [5, 5.41) is 10.2. The van der Waals surface area contributed by atoms with E-state index in [1.165, 1.54) is 121 Å². The zero-order chi connectivity index (χ0) is 43.4. The average Bonchev–Trinajstić information content (AvgIpc) is 3.40. The van der Waals surface area contributed by atoms with Gasteiger partial charge in [-0.15, -0.1) is 0 Å². The highest BCUT2D eigenvalue weighted by Gasteiger charge is 2.52. The molecule has 0 atom stereocenters. The minimum atomic E-state index is -0.639. The van der Waals surface area contributed by atoms with Gasteiger partial charge >= 0.3 is 0 Å². The molecule has 0 amide bonds. The van der Waals surface area contributed by atoms with E-state index in [2.05, 4.69) is 255 Å². The normalized spacial score (nSPS) is 14.0. The molecule has 0 fully saturated rings. The molecular weight excluding hydrogens is 793 g/mol. The monoisotopic (exact) mass is 834 g/mol. The average molecular weight is 835 g/mol. The molecule has 0 bridgehead atoms. The van der Waals surface area contributed by atoms with Crippen molar-refractivity contribution in [1.82, 2.24) is 0 Å². The topological polar surface area (TPSA) is 0 Å². The first kappa shape index (κ1) is 37.1. The molecule has 0 radical (unpaired) electrons. The lowest BCUT2D eigenvalue weighted by Gasteiger charge is -2.48. The van der Waals surface area contributed by atoms with Gasteiger partial charge in [-0.25, -0.2) is 0 Å². The van der Waals surface area contributed by atoms with Gasteiger partial charge in [0.25, 0.3) is 0 Å². The molecule has 0 aliphatic heterocycles. The second-order valence-corrected chi connectivity index (χ2v) is 18.2. The lowest BCUT2D eigenvalue weighted by Crippen LogP contribution is -2.38. The van der Waals surface area contributed by atoms with Gasteiger partial charge in [0.1, 0.15) is 0 Å². The van der Waals surface area contributed by atoms with Crippen LogP contribution in [0.4, 0.5) is 0 Å². The van der Waals surface area contributed by atoms with Crippen molar-refractivity contribution in [3.05, 3.63) is 299 Å². The third-order valence-corrected chi connectivity index (χ3v) is 15.2. The molecule has 306 valence electrons. The van der Waals surface area contributed by atoms with Crippen LogP contribution in [-0.4, -0.2) is 0 Å². The van der Waals surface area contributed by atoms with Gasteiger partial charge in [0.05, 0.1) is 10.8 Å². The van der Waals surface area contributed by atoms with Crippen molar-refractivity contribution in [2.24, 2.45) is 0 Å². The van der Waals surface area contributed by atoms with Crippen molar-refractivity contribution in [3.63, 3.8) is 0 Å². The van der Waals surface area contributed by atoms with E-state index < -0.39 is 10.8 Å². The van der Waals surface area contributed by atoms with Gasteiger partial charge in [0.2, 0.25) is 0 Å². The van der Waals surface area contributed by atoms with Gasteiger partial charge in [0, 0.05) is 0 Å². The van der Waals surface area contributed by atoms with Gasteiger partial charge in [-0.05, 0) is 121 Å². The zero-order valence-electron chi connectivity index (χ0n) is 36.2. The van der Waals surface area contributed by atoms with Crippen molar-refractivity contribution in [3.8, 4) is 33.4 Å². The molecule has 12 aromatic rings. The Bertz CT molecular complexity index is 3550. The van der Waals surface area contributed by atoms with Crippen molar-refractivity contribution in [2.75, 3.05) is 0 Å². The van der Waals surface area contributed by atoms with Gasteiger partial charge in [-0.2, -0.15) is 0 Å². The maximum Gasteiger partial charge on any atom is 0.0714 e. The Morgan fingerprint density at radius 1 is 0.197 bits per heavy atom. The molecule has 0 heterocycles. The summed E-state index contributed by atoms with van der Waals surface area (Å²) in [6.45, 7) is 0. The molecule has 66 heavy (non-hydrogen) atoms. The lowest BCUT2D eigenvalue weighted by molar-refractivity contribution is 0.729. The Hall–Kier alpha value is -8.32. The minimum absolute atomic E-state index is 0.639. The number of hydrogen-bond donors (Lipinski definition) is 0. The third-order valence-electron chi connectivity index (χ3n) is 15.2. The first-order valence-electron chi connectivity index (χ1n) is 23.2. The Balaban J connectivity index is 1.26. The van der Waals surface area contributed by atoms with E-state index in [-0.39, 0.29) is 0 Å². The second-order valence-electron chi connectivity index (χ2n) is 18.2. The molecule has 0 nitrogen and oxygen atoms in total. The number of rotatable bonds is 6. The van der Waals surface area contributed by atoms with E-state index in [1.54, 1.807) is 0 Å². The summed E-state index contributed by atoms with van der Waals surface area (Å²) in [6.07, 6.45) is 0. The first-order valence-corrected chi connectivity index (χ1v) is 23.2. The summed E-state index contributed by atoms with van der Waals surface area (Å²) in [7, 11) is 0. The van der Waals surface area contributed by atoms with Crippen LogP contribution in [0.2, 0.25) is 0 Å². The summed E-state index contributed by atoms with van der Waals surface area (Å²) >= 11 is 0. The van der Waals surface area contributed by atoms with Crippen LogP contribution in [0.25, 0.3) is 76.5 Å². The highest BCUT2D eigenvalue weighted by molar-refractivity contribution is 6.22. The number of benzene rings is 12. The van der Waals surface area contributed by atoms with E-state index in [9.17, 15) is 0 Å². The van der Waals surface area contributed by atoms with Crippen molar-refractivity contribution in [2.45, 2.75) is 10.8 Å². The molecule has 0 heteroatoms. The van der Waals surface area contributed by atoms with Crippen LogP contribution in [-0.2, 0) is 10.8 Å². The molecule has 12 aromatic carbocycles. The maximum absolute atomic E-state index is 2.50. The summed E-state index contributed by atoms with van der Waals surface area (Å²) in [5.41, 5.74) is 16.7. The van der Waals surface area contributed by atoms with Crippen LogP contribution < -0.4 is 0 Å². The largest absolute Gasteiger partial charge is 0.0714 e. The smallest absolute Gasteiger partial charge is 0.0622 e. The summed E-state index contributed by atoms with van der Waals surface area (Å²) in [6, 6.07) is 96.3. The summed E-state index contributed by atoms with van der Waals surface area (Å²) in [5.74, 6) is 0. The maximum atomic E-state index is 2.50. The zero-order valence-corrected chi connectivity index (χ0v) is 36.2. The molecule has 0 saturated carbocycles. The van der Waals surface area contributed by atoms with Gasteiger partial charge in [-0.3, -0.25) is 0 Å². The Morgan fingerprint density at radius 3 is 0.879 bits per heavy atom. The van der Waals surface area contributed by atoms with Gasteiger partial charge in [-0.1, -0.05) is 255 Å². The standard InChI is InChI=1S/C66H42/c1-5-23-45(24-6-1)65(46-25-7-2-8-26-46)57-39-35-53(51-33-17-21-43-19-13-15-31-49(43)51)55-38-42-60-64(61(55)57)63-59(65)41-37-56-54(52-34-18-22-44-20-14-16-32-50(44)52)36-40-58(62(56)63)66(60,47-27-9-3-10-28-47)48-29-11-4-12-30-48/h1-42H. The van der Waals surface area contributed by atoms with Crippen LogP contribution in [0.1, 0.15) is 44.5 Å². The highest BCUT2D eigenvalue weighted by Crippen LogP contribution is 2.65. The fourth-order valence-electron chi connectivity index (χ4n) is 12.7. The third kappa shape index (κ3) is 4.83. The Morgan fingerprint density at radius 2 is 0.500 bits per heavy atom. The minimum Gasteiger partial charge on any atom is -0.0622 e. The fourth-order valence-corrected chi connectivity index (χ4v) is 12.7. The number of hydrogen-bond acceptors (Lipinski definition) is 0. The SMILES string of the molecule is c1ccc(C2(c3ccccc3)c3ccc4c(-c5cccc6ccccc56)ccc5c4c3-c3c(ccc4c(-c6cccc7ccccc67)ccc2c34)C5(c2ccccc2)c2ccccc2)cc1. The van der Waals surface area contributed by atoms with E-state index in [4.69, 9.17) is 0 Å². The summed E-state index contributed by atoms with van der Waals surface area (Å²) in [4.78, 5) is 0. The first-order chi connectivity index (χ1) is 32.8. The van der Waals surface area contributed by atoms with Crippen molar-refractivity contribution >= 4 is 43.1 Å². The van der Waals surface area contributed by atoms with Gasteiger partial charge in [0.15, 0.2) is 0 Å². The molecule has 0 saturated heterocycles. The van der Waals surface area contributed by atoms with Crippen LogP contribution >= 0.6 is 0 Å². The van der Waals surface area contributed by atoms with Crippen molar-refractivity contribution < 1.29 is 0 Å². The summed E-state index contributed by atoms with van der Waals surface area (Å²) < 4.78 is 0. The molecule has 2 aliphatic rings. The fraction of sp³-hybridized carbons (Fsp3) is 0.0303.